The lowest BCUT2D eigenvalue weighted by Crippen LogP contribution is -2.22. The van der Waals surface area contributed by atoms with Crippen molar-refractivity contribution in [1.29, 1.82) is 0 Å². The number of nitrogens with zero attached hydrogens (tertiary/aromatic N) is 1. The van der Waals surface area contributed by atoms with Gasteiger partial charge in [-0.2, -0.15) is 0 Å². The summed E-state index contributed by atoms with van der Waals surface area (Å²) in [4.78, 5) is 22.5. The van der Waals surface area contributed by atoms with E-state index in [9.17, 15) is 9.59 Å². The zero-order valence-electron chi connectivity index (χ0n) is 7.28. The molecule has 1 heterocycles. The summed E-state index contributed by atoms with van der Waals surface area (Å²) in [6, 6.07) is 5.17. The molecule has 1 aromatic heterocycles. The van der Waals surface area contributed by atoms with E-state index >= 15 is 0 Å². The van der Waals surface area contributed by atoms with Crippen molar-refractivity contribution in [1.82, 2.24) is 4.57 Å². The van der Waals surface area contributed by atoms with Crippen molar-refractivity contribution in [2.45, 2.75) is 0 Å². The average molecular weight is 256 g/mol. The van der Waals surface area contributed by atoms with Gasteiger partial charge in [0.25, 0.3) is 0 Å². The summed E-state index contributed by atoms with van der Waals surface area (Å²) in [5.74, 6) is -0.652. The van der Waals surface area contributed by atoms with Gasteiger partial charge in [-0.05, 0) is 28.1 Å². The van der Waals surface area contributed by atoms with Gasteiger partial charge in [0.05, 0.1) is 10.9 Å². The molecule has 4 nitrogen and oxygen atoms in total. The topological polar surface area (TPSA) is 52.2 Å². The van der Waals surface area contributed by atoms with E-state index in [0.29, 0.717) is 15.4 Å². The van der Waals surface area contributed by atoms with Crippen LogP contribution in [0.5, 0.6) is 0 Å². The van der Waals surface area contributed by atoms with Gasteiger partial charge in [-0.15, -0.1) is 0 Å². The second kappa shape index (κ2) is 3.09. The van der Waals surface area contributed by atoms with Crippen LogP contribution in [0.15, 0.2) is 36.7 Å². The van der Waals surface area contributed by atoms with Crippen LogP contribution in [-0.4, -0.2) is 4.57 Å². The van der Waals surface area contributed by atoms with Crippen molar-refractivity contribution in [3.05, 3.63) is 43.6 Å². The normalized spacial score (nSPS) is 10.7. The molecule has 2 rings (SSSR count). The van der Waals surface area contributed by atoms with E-state index < -0.39 is 11.4 Å². The number of fused-ring (bicyclic) bond motifs is 1. The summed E-state index contributed by atoms with van der Waals surface area (Å²) in [7, 11) is 1.56. The maximum absolute atomic E-state index is 11.4. The third kappa shape index (κ3) is 1.21. The first-order valence-electron chi connectivity index (χ1n) is 3.89. The van der Waals surface area contributed by atoms with Gasteiger partial charge < -0.3 is 4.42 Å². The Kier molecular flexibility index (Phi) is 2.03. The van der Waals surface area contributed by atoms with E-state index in [1.165, 1.54) is 4.57 Å². The number of rotatable bonds is 0. The quantitative estimate of drug-likeness (QED) is 0.712. The van der Waals surface area contributed by atoms with Gasteiger partial charge in [0.15, 0.2) is 0 Å². The monoisotopic (exact) mass is 255 g/mol. The van der Waals surface area contributed by atoms with E-state index in [4.69, 9.17) is 0 Å². The SMILES string of the molecule is Cn1c(=O)oc(=O)c2c(Br)cccc21. The van der Waals surface area contributed by atoms with Gasteiger partial charge in [0.1, 0.15) is 0 Å². The highest BCUT2D eigenvalue weighted by Crippen LogP contribution is 2.18. The summed E-state index contributed by atoms with van der Waals surface area (Å²) >= 11 is 3.23. The van der Waals surface area contributed by atoms with Crippen molar-refractivity contribution >= 4 is 26.8 Å². The molecular formula is C9H6BrNO3. The summed E-state index contributed by atoms with van der Waals surface area (Å²) in [5, 5.41) is 0.384. The predicted octanol–water partition coefficient (Wildman–Crippen LogP) is 1.25. The lowest BCUT2D eigenvalue weighted by atomic mass is 10.2. The third-order valence-electron chi connectivity index (χ3n) is 2.01. The Bertz CT molecular complexity index is 611. The Morgan fingerprint density at radius 1 is 1.36 bits per heavy atom. The fourth-order valence-corrected chi connectivity index (χ4v) is 1.81. The lowest BCUT2D eigenvalue weighted by Gasteiger charge is -2.02. The molecule has 2 aromatic rings. The van der Waals surface area contributed by atoms with Gasteiger partial charge in [-0.3, -0.25) is 4.57 Å². The smallest absolute Gasteiger partial charge is 0.372 e. The number of hydrogen-bond donors (Lipinski definition) is 0. The molecule has 0 radical (unpaired) electrons. The van der Waals surface area contributed by atoms with Crippen molar-refractivity contribution in [2.24, 2.45) is 7.05 Å². The Balaban J connectivity index is 3.18. The van der Waals surface area contributed by atoms with Crippen molar-refractivity contribution in [3.63, 3.8) is 0 Å². The first-order chi connectivity index (χ1) is 6.61. The molecule has 0 aliphatic heterocycles. The van der Waals surface area contributed by atoms with Gasteiger partial charge in [-0.1, -0.05) is 6.07 Å². The van der Waals surface area contributed by atoms with Crippen molar-refractivity contribution in [3.8, 4) is 0 Å². The zero-order valence-corrected chi connectivity index (χ0v) is 8.87. The van der Waals surface area contributed by atoms with E-state index in [1.54, 1.807) is 25.2 Å². The van der Waals surface area contributed by atoms with Crippen LogP contribution in [-0.2, 0) is 7.05 Å². The highest BCUT2D eigenvalue weighted by Gasteiger charge is 2.08. The molecule has 1 aromatic carbocycles. The van der Waals surface area contributed by atoms with Crippen LogP contribution in [0.3, 0.4) is 0 Å². The number of aromatic nitrogens is 1. The van der Waals surface area contributed by atoms with E-state index in [2.05, 4.69) is 20.3 Å². The fraction of sp³-hybridized carbons (Fsp3) is 0.111. The third-order valence-corrected chi connectivity index (χ3v) is 2.67. The summed E-state index contributed by atoms with van der Waals surface area (Å²) < 4.78 is 6.44. The molecule has 72 valence electrons. The summed E-state index contributed by atoms with van der Waals surface area (Å²) in [5.41, 5.74) is -0.0591. The second-order valence-electron chi connectivity index (χ2n) is 2.85. The van der Waals surface area contributed by atoms with Crippen molar-refractivity contribution < 1.29 is 4.42 Å². The molecule has 0 unspecified atom stereocenters. The molecule has 0 fully saturated rings. The van der Waals surface area contributed by atoms with E-state index in [1.807, 2.05) is 0 Å². The predicted molar refractivity (Wildman–Crippen MR) is 55.4 cm³/mol. The molecule has 0 aliphatic carbocycles. The number of benzene rings is 1. The number of aryl methyl sites for hydroxylation is 1. The molecule has 0 atom stereocenters. The fourth-order valence-electron chi connectivity index (χ4n) is 1.29. The molecule has 0 spiro atoms. The lowest BCUT2D eigenvalue weighted by molar-refractivity contribution is 0.432. The van der Waals surface area contributed by atoms with E-state index in [0.717, 1.165) is 0 Å². The minimum absolute atomic E-state index is 0.384. The molecule has 14 heavy (non-hydrogen) atoms. The van der Waals surface area contributed by atoms with Crippen LogP contribution in [0.1, 0.15) is 0 Å². The molecule has 5 heteroatoms. The Morgan fingerprint density at radius 3 is 2.79 bits per heavy atom. The van der Waals surface area contributed by atoms with Crippen molar-refractivity contribution in [2.75, 3.05) is 0 Å². The largest absolute Gasteiger partial charge is 0.422 e. The zero-order chi connectivity index (χ0) is 10.3. The Morgan fingerprint density at radius 2 is 2.07 bits per heavy atom. The summed E-state index contributed by atoms with van der Waals surface area (Å²) in [6.07, 6.45) is 0. The van der Waals surface area contributed by atoms with Crippen LogP contribution in [0.2, 0.25) is 0 Å². The highest BCUT2D eigenvalue weighted by molar-refractivity contribution is 9.10. The molecule has 0 amide bonds. The van der Waals surface area contributed by atoms with Gasteiger partial charge in [-0.25, -0.2) is 9.59 Å². The highest BCUT2D eigenvalue weighted by atomic mass is 79.9. The standard InChI is InChI=1S/C9H6BrNO3/c1-11-6-4-2-3-5(10)7(6)8(12)14-9(11)13/h2-4H,1H3. The van der Waals surface area contributed by atoms with Gasteiger partial charge in [0.2, 0.25) is 0 Å². The van der Waals surface area contributed by atoms with Crippen LogP contribution < -0.4 is 11.4 Å². The molecule has 0 N–H and O–H groups in total. The average Bonchev–Trinajstić information content (AvgIpc) is 2.14. The maximum Gasteiger partial charge on any atom is 0.422 e. The summed E-state index contributed by atoms with van der Waals surface area (Å²) in [6.45, 7) is 0. The molecule has 0 saturated heterocycles. The molecule has 0 saturated carbocycles. The maximum atomic E-state index is 11.4. The number of hydrogen-bond acceptors (Lipinski definition) is 3. The van der Waals surface area contributed by atoms with Crippen LogP contribution >= 0.6 is 15.9 Å². The molecule has 0 aliphatic rings. The minimum atomic E-state index is -0.652. The molecule has 0 bridgehead atoms. The van der Waals surface area contributed by atoms with Gasteiger partial charge in [0, 0.05) is 11.5 Å². The Hall–Kier alpha value is -1.36. The van der Waals surface area contributed by atoms with Crippen LogP contribution in [0.25, 0.3) is 10.9 Å². The first kappa shape index (κ1) is 9.21. The van der Waals surface area contributed by atoms with Gasteiger partial charge >= 0.3 is 11.4 Å². The molecular weight excluding hydrogens is 250 g/mol. The van der Waals surface area contributed by atoms with E-state index in [-0.39, 0.29) is 0 Å². The van der Waals surface area contributed by atoms with Crippen LogP contribution in [0, 0.1) is 0 Å². The number of halogens is 1. The van der Waals surface area contributed by atoms with Crippen LogP contribution in [0.4, 0.5) is 0 Å². The second-order valence-corrected chi connectivity index (χ2v) is 3.70. The minimum Gasteiger partial charge on any atom is -0.372 e. The first-order valence-corrected chi connectivity index (χ1v) is 4.69. The Labute approximate surface area is 86.9 Å².